The molecule has 100 valence electrons. The molecule has 0 spiro atoms. The van der Waals surface area contributed by atoms with Crippen molar-refractivity contribution in [2.24, 2.45) is 11.1 Å². The molecule has 0 saturated heterocycles. The van der Waals surface area contributed by atoms with E-state index in [0.717, 1.165) is 24.8 Å². The Morgan fingerprint density at radius 2 is 1.83 bits per heavy atom. The lowest BCUT2D eigenvalue weighted by atomic mass is 9.75. The molecular weight excluding hydrogens is 249 g/mol. The first kappa shape index (κ1) is 13.8. The first-order valence-corrected chi connectivity index (χ1v) is 7.17. The molecule has 1 nitrogen and oxygen atoms in total. The van der Waals surface area contributed by atoms with Crippen LogP contribution in [-0.2, 0) is 6.42 Å². The molecule has 3 heteroatoms. The van der Waals surface area contributed by atoms with Crippen LogP contribution in [0.2, 0.25) is 5.02 Å². The van der Waals surface area contributed by atoms with Gasteiger partial charge in [-0.05, 0) is 48.9 Å². The molecule has 0 bridgehead atoms. The Hall–Kier alpha value is -0.600. The lowest BCUT2D eigenvalue weighted by Gasteiger charge is -2.31. The van der Waals surface area contributed by atoms with Gasteiger partial charge in [0.2, 0.25) is 0 Å². The van der Waals surface area contributed by atoms with Crippen LogP contribution < -0.4 is 5.73 Å². The first-order valence-electron chi connectivity index (χ1n) is 6.79. The van der Waals surface area contributed by atoms with Gasteiger partial charge in [0.1, 0.15) is 5.82 Å². The number of halogens is 2. The second kappa shape index (κ2) is 6.03. The van der Waals surface area contributed by atoms with Crippen molar-refractivity contribution in [3.63, 3.8) is 0 Å². The molecule has 18 heavy (non-hydrogen) atoms. The molecule has 0 aliphatic heterocycles. The number of hydrogen-bond donors (Lipinski definition) is 1. The topological polar surface area (TPSA) is 26.0 Å². The van der Waals surface area contributed by atoms with Crippen LogP contribution in [0.5, 0.6) is 0 Å². The minimum atomic E-state index is -0.324. The summed E-state index contributed by atoms with van der Waals surface area (Å²) < 4.78 is 13.5. The molecule has 1 aliphatic rings. The van der Waals surface area contributed by atoms with Gasteiger partial charge in [0.25, 0.3) is 0 Å². The summed E-state index contributed by atoms with van der Waals surface area (Å²) >= 11 is 5.72. The molecule has 0 amide bonds. The van der Waals surface area contributed by atoms with Gasteiger partial charge >= 0.3 is 0 Å². The molecule has 1 aliphatic carbocycles. The van der Waals surface area contributed by atoms with Crippen molar-refractivity contribution < 1.29 is 4.39 Å². The fourth-order valence-electron chi connectivity index (χ4n) is 3.01. The molecule has 0 radical (unpaired) electrons. The number of benzene rings is 1. The standard InChI is InChI=1S/C15H21ClFN/c16-13-6-5-12(9-14(13)17)10-15(11-18)7-3-1-2-4-8-15/h5-6,9H,1-4,7-8,10-11,18H2. The number of nitrogens with two attached hydrogens (primary N) is 1. The molecule has 0 aromatic heterocycles. The Balaban J connectivity index is 2.15. The van der Waals surface area contributed by atoms with E-state index in [1.807, 2.05) is 6.07 Å². The minimum Gasteiger partial charge on any atom is -0.330 e. The molecule has 0 unspecified atom stereocenters. The predicted molar refractivity (Wildman–Crippen MR) is 74.3 cm³/mol. The van der Waals surface area contributed by atoms with E-state index in [1.165, 1.54) is 25.7 Å². The molecule has 0 atom stereocenters. The van der Waals surface area contributed by atoms with Gasteiger partial charge in [0.15, 0.2) is 0 Å². The highest BCUT2D eigenvalue weighted by molar-refractivity contribution is 6.30. The Morgan fingerprint density at radius 1 is 1.17 bits per heavy atom. The molecule has 2 N–H and O–H groups in total. The smallest absolute Gasteiger partial charge is 0.142 e. The number of hydrogen-bond acceptors (Lipinski definition) is 1. The maximum atomic E-state index is 13.5. The lowest BCUT2D eigenvalue weighted by Crippen LogP contribution is -2.32. The summed E-state index contributed by atoms with van der Waals surface area (Å²) in [5.74, 6) is -0.324. The van der Waals surface area contributed by atoms with Crippen LogP contribution in [0.15, 0.2) is 18.2 Å². The second-order valence-electron chi connectivity index (χ2n) is 5.54. The maximum Gasteiger partial charge on any atom is 0.142 e. The van der Waals surface area contributed by atoms with Gasteiger partial charge in [-0.25, -0.2) is 4.39 Å². The third kappa shape index (κ3) is 3.24. The average Bonchev–Trinajstić information content (AvgIpc) is 2.60. The zero-order valence-electron chi connectivity index (χ0n) is 10.7. The van der Waals surface area contributed by atoms with Crippen LogP contribution in [-0.4, -0.2) is 6.54 Å². The monoisotopic (exact) mass is 269 g/mol. The second-order valence-corrected chi connectivity index (χ2v) is 5.95. The summed E-state index contributed by atoms with van der Waals surface area (Å²) in [7, 11) is 0. The number of rotatable bonds is 3. The normalized spacial score (nSPS) is 19.5. The van der Waals surface area contributed by atoms with E-state index >= 15 is 0 Å². The van der Waals surface area contributed by atoms with E-state index in [1.54, 1.807) is 12.1 Å². The van der Waals surface area contributed by atoms with E-state index in [-0.39, 0.29) is 16.3 Å². The highest BCUT2D eigenvalue weighted by atomic mass is 35.5. The largest absolute Gasteiger partial charge is 0.330 e. The van der Waals surface area contributed by atoms with Crippen LogP contribution >= 0.6 is 11.6 Å². The van der Waals surface area contributed by atoms with Crippen molar-refractivity contribution in [3.05, 3.63) is 34.6 Å². The van der Waals surface area contributed by atoms with E-state index in [9.17, 15) is 4.39 Å². The average molecular weight is 270 g/mol. The lowest BCUT2D eigenvalue weighted by molar-refractivity contribution is 0.252. The van der Waals surface area contributed by atoms with Gasteiger partial charge in [-0.1, -0.05) is 43.4 Å². The molecule has 1 aromatic carbocycles. The van der Waals surface area contributed by atoms with Crippen LogP contribution in [0.25, 0.3) is 0 Å². The Labute approximate surface area is 114 Å². The van der Waals surface area contributed by atoms with Gasteiger partial charge < -0.3 is 5.73 Å². The van der Waals surface area contributed by atoms with Crippen LogP contribution in [0.1, 0.15) is 44.1 Å². The third-order valence-electron chi connectivity index (χ3n) is 4.16. The van der Waals surface area contributed by atoms with Crippen LogP contribution in [0.4, 0.5) is 4.39 Å². The van der Waals surface area contributed by atoms with Crippen molar-refractivity contribution >= 4 is 11.6 Å². The highest BCUT2D eigenvalue weighted by Gasteiger charge is 2.29. The zero-order chi connectivity index (χ0) is 13.0. The fraction of sp³-hybridized carbons (Fsp3) is 0.600. The zero-order valence-corrected chi connectivity index (χ0v) is 11.5. The molecule has 1 fully saturated rings. The summed E-state index contributed by atoms with van der Waals surface area (Å²) in [5.41, 5.74) is 7.18. The van der Waals surface area contributed by atoms with Crippen molar-refractivity contribution in [3.8, 4) is 0 Å². The molecule has 1 saturated carbocycles. The Kier molecular flexibility index (Phi) is 4.63. The van der Waals surface area contributed by atoms with Crippen molar-refractivity contribution in [1.29, 1.82) is 0 Å². The van der Waals surface area contributed by atoms with Crippen molar-refractivity contribution in [2.75, 3.05) is 6.54 Å². The SMILES string of the molecule is NCC1(Cc2ccc(Cl)c(F)c2)CCCCCC1. The maximum absolute atomic E-state index is 13.5. The summed E-state index contributed by atoms with van der Waals surface area (Å²) in [5, 5.41) is 0.196. The van der Waals surface area contributed by atoms with Crippen molar-refractivity contribution in [2.45, 2.75) is 44.9 Å². The molecule has 0 heterocycles. The summed E-state index contributed by atoms with van der Waals surface area (Å²) in [4.78, 5) is 0. The van der Waals surface area contributed by atoms with Gasteiger partial charge in [0.05, 0.1) is 5.02 Å². The minimum absolute atomic E-state index is 0.163. The third-order valence-corrected chi connectivity index (χ3v) is 4.47. The molecule has 2 rings (SSSR count). The van der Waals surface area contributed by atoms with E-state index in [2.05, 4.69) is 0 Å². The highest BCUT2D eigenvalue weighted by Crippen LogP contribution is 2.37. The van der Waals surface area contributed by atoms with Crippen LogP contribution in [0.3, 0.4) is 0 Å². The van der Waals surface area contributed by atoms with Crippen LogP contribution in [0, 0.1) is 11.2 Å². The summed E-state index contributed by atoms with van der Waals surface area (Å²) in [6.45, 7) is 0.692. The van der Waals surface area contributed by atoms with Gasteiger partial charge in [-0.15, -0.1) is 0 Å². The Bertz CT molecular complexity index is 397. The quantitative estimate of drug-likeness (QED) is 0.813. The Morgan fingerprint density at radius 3 is 2.39 bits per heavy atom. The van der Waals surface area contributed by atoms with Gasteiger partial charge in [-0.2, -0.15) is 0 Å². The molecule has 1 aromatic rings. The van der Waals surface area contributed by atoms with Gasteiger partial charge in [0, 0.05) is 0 Å². The summed E-state index contributed by atoms with van der Waals surface area (Å²) in [6.07, 6.45) is 8.28. The van der Waals surface area contributed by atoms with E-state index in [0.29, 0.717) is 6.54 Å². The van der Waals surface area contributed by atoms with E-state index < -0.39 is 0 Å². The molecular formula is C15H21ClFN. The van der Waals surface area contributed by atoms with E-state index in [4.69, 9.17) is 17.3 Å². The summed E-state index contributed by atoms with van der Waals surface area (Å²) in [6, 6.07) is 5.13. The van der Waals surface area contributed by atoms with Gasteiger partial charge in [-0.3, -0.25) is 0 Å². The fourth-order valence-corrected chi connectivity index (χ4v) is 3.13. The van der Waals surface area contributed by atoms with Crippen molar-refractivity contribution in [1.82, 2.24) is 0 Å². The first-order chi connectivity index (χ1) is 8.65. The predicted octanol–water partition coefficient (Wildman–Crippen LogP) is 4.32.